The molecule has 200 valence electrons. The number of carbonyl (C=O) groups is 4. The lowest BCUT2D eigenvalue weighted by atomic mass is 9.88. The average molecular weight is 499 g/mol. The molecule has 2 amide bonds. The summed E-state index contributed by atoms with van der Waals surface area (Å²) < 4.78 is 16.2. The SMILES string of the molecule is C/C=C\[C@@H]1C[C@H](C(=O)OC(C)(C)C)N(C(=O)OC(C)(C)C)[C@H]1[C@@H](NC(C)=O)[C@H](O)CC(=O)OCC. The summed E-state index contributed by atoms with van der Waals surface area (Å²) in [6.07, 6.45) is 1.17. The quantitative estimate of drug-likeness (QED) is 0.297. The molecule has 1 aliphatic rings. The third kappa shape index (κ3) is 9.51. The zero-order valence-corrected chi connectivity index (χ0v) is 22.4. The summed E-state index contributed by atoms with van der Waals surface area (Å²) in [6, 6.07) is -3.01. The standard InChI is InChI=1S/C25H42N2O8/c1-10-12-16-13-17(22(31)34-24(4,5)6)27(23(32)35-25(7,8)9)21(16)20(26-15(3)28)18(29)14-19(30)33-11-2/h10,12,16-18,20-21,29H,11,13-14H2,1-9H3,(H,26,28)/b12-10-/t16-,17-,18-,20+,21-/m1/s1. The molecule has 1 heterocycles. The van der Waals surface area contributed by atoms with E-state index in [1.807, 2.05) is 0 Å². The molecule has 1 rings (SSSR count). The highest BCUT2D eigenvalue weighted by Crippen LogP contribution is 2.37. The van der Waals surface area contributed by atoms with Gasteiger partial charge in [0.05, 0.1) is 31.2 Å². The topological polar surface area (TPSA) is 131 Å². The Morgan fingerprint density at radius 3 is 2.11 bits per heavy atom. The van der Waals surface area contributed by atoms with Gasteiger partial charge < -0.3 is 24.6 Å². The van der Waals surface area contributed by atoms with Gasteiger partial charge in [0.2, 0.25) is 5.91 Å². The number of allylic oxidation sites excluding steroid dienone is 1. The Labute approximate surface area is 208 Å². The number of rotatable bonds is 8. The predicted octanol–water partition coefficient (Wildman–Crippen LogP) is 2.72. The first kappa shape index (κ1) is 30.4. The van der Waals surface area contributed by atoms with Gasteiger partial charge in [-0.2, -0.15) is 0 Å². The van der Waals surface area contributed by atoms with Gasteiger partial charge in [-0.15, -0.1) is 0 Å². The van der Waals surface area contributed by atoms with Crippen LogP contribution in [0.1, 0.15) is 75.2 Å². The Bertz CT molecular complexity index is 796. The molecule has 2 N–H and O–H groups in total. The van der Waals surface area contributed by atoms with Gasteiger partial charge in [0.1, 0.15) is 17.2 Å². The minimum atomic E-state index is -1.39. The summed E-state index contributed by atoms with van der Waals surface area (Å²) in [5.74, 6) is -2.19. The molecule has 5 atom stereocenters. The highest BCUT2D eigenvalue weighted by molar-refractivity contribution is 5.83. The molecule has 0 bridgehead atoms. The molecule has 0 aromatic carbocycles. The highest BCUT2D eigenvalue weighted by Gasteiger charge is 2.53. The van der Waals surface area contributed by atoms with E-state index < -0.39 is 71.7 Å². The van der Waals surface area contributed by atoms with Crippen molar-refractivity contribution in [1.82, 2.24) is 10.2 Å². The van der Waals surface area contributed by atoms with E-state index in [0.717, 1.165) is 0 Å². The van der Waals surface area contributed by atoms with E-state index in [4.69, 9.17) is 14.2 Å². The van der Waals surface area contributed by atoms with Gasteiger partial charge in [0.15, 0.2) is 0 Å². The second-order valence-corrected chi connectivity index (χ2v) is 10.7. The van der Waals surface area contributed by atoms with Crippen molar-refractivity contribution in [2.24, 2.45) is 5.92 Å². The summed E-state index contributed by atoms with van der Waals surface area (Å²) >= 11 is 0. The van der Waals surface area contributed by atoms with Gasteiger partial charge in [-0.25, -0.2) is 9.59 Å². The van der Waals surface area contributed by atoms with Crippen molar-refractivity contribution in [2.45, 2.75) is 111 Å². The van der Waals surface area contributed by atoms with E-state index in [1.54, 1.807) is 67.5 Å². The molecule has 1 aliphatic heterocycles. The second-order valence-electron chi connectivity index (χ2n) is 10.7. The number of carbonyl (C=O) groups excluding carboxylic acids is 4. The fourth-order valence-electron chi connectivity index (χ4n) is 4.11. The Morgan fingerprint density at radius 2 is 1.66 bits per heavy atom. The first-order valence-corrected chi connectivity index (χ1v) is 12.0. The maximum atomic E-state index is 13.4. The first-order chi connectivity index (χ1) is 16.0. The number of nitrogens with zero attached hydrogens (tertiary/aromatic N) is 1. The first-order valence-electron chi connectivity index (χ1n) is 12.0. The van der Waals surface area contributed by atoms with Crippen LogP contribution in [0.5, 0.6) is 0 Å². The summed E-state index contributed by atoms with van der Waals surface area (Å²) in [5.41, 5.74) is -1.67. The molecule has 0 radical (unpaired) electrons. The molecule has 0 unspecified atom stereocenters. The van der Waals surface area contributed by atoms with Crippen LogP contribution in [0.15, 0.2) is 12.2 Å². The van der Waals surface area contributed by atoms with Gasteiger partial charge in [-0.3, -0.25) is 14.5 Å². The Balaban J connectivity index is 3.58. The van der Waals surface area contributed by atoms with Crippen molar-refractivity contribution in [1.29, 1.82) is 0 Å². The zero-order chi connectivity index (χ0) is 27.1. The predicted molar refractivity (Wildman–Crippen MR) is 129 cm³/mol. The Kier molecular flexibility index (Phi) is 10.8. The van der Waals surface area contributed by atoms with E-state index in [2.05, 4.69) is 5.32 Å². The lowest BCUT2D eigenvalue weighted by Gasteiger charge is -2.39. The number of aliphatic hydroxyl groups excluding tert-OH is 1. The van der Waals surface area contributed by atoms with Crippen molar-refractivity contribution >= 4 is 23.9 Å². The molecule has 10 nitrogen and oxygen atoms in total. The largest absolute Gasteiger partial charge is 0.466 e. The molecule has 1 saturated heterocycles. The minimum absolute atomic E-state index is 0.131. The minimum Gasteiger partial charge on any atom is -0.466 e. The summed E-state index contributed by atoms with van der Waals surface area (Å²) in [7, 11) is 0. The van der Waals surface area contributed by atoms with Gasteiger partial charge in [-0.05, 0) is 61.8 Å². The van der Waals surface area contributed by atoms with Crippen LogP contribution in [-0.4, -0.2) is 76.0 Å². The van der Waals surface area contributed by atoms with Crippen LogP contribution in [0, 0.1) is 5.92 Å². The third-order valence-electron chi connectivity index (χ3n) is 5.15. The average Bonchev–Trinajstić information content (AvgIpc) is 3.03. The number of ether oxygens (including phenoxy) is 3. The molecule has 0 aromatic rings. The van der Waals surface area contributed by atoms with Crippen LogP contribution in [0.4, 0.5) is 4.79 Å². The maximum absolute atomic E-state index is 13.4. The third-order valence-corrected chi connectivity index (χ3v) is 5.15. The van der Waals surface area contributed by atoms with E-state index in [1.165, 1.54) is 11.8 Å². The normalized spacial score (nSPS) is 22.5. The zero-order valence-electron chi connectivity index (χ0n) is 22.4. The number of amides is 2. The molecule has 0 spiro atoms. The lowest BCUT2D eigenvalue weighted by molar-refractivity contribution is -0.161. The van der Waals surface area contributed by atoms with Gasteiger partial charge in [0, 0.05) is 12.8 Å². The lowest BCUT2D eigenvalue weighted by Crippen LogP contribution is -2.60. The van der Waals surface area contributed by atoms with E-state index in [0.29, 0.717) is 0 Å². The molecule has 10 heteroatoms. The van der Waals surface area contributed by atoms with Crippen LogP contribution in [0.3, 0.4) is 0 Å². The summed E-state index contributed by atoms with van der Waals surface area (Å²) in [6.45, 7) is 15.1. The van der Waals surface area contributed by atoms with Crippen molar-refractivity contribution in [3.63, 3.8) is 0 Å². The fourth-order valence-corrected chi connectivity index (χ4v) is 4.11. The van der Waals surface area contributed by atoms with E-state index in [9.17, 15) is 24.3 Å². The van der Waals surface area contributed by atoms with Gasteiger partial charge in [0.25, 0.3) is 0 Å². The number of hydrogen-bond acceptors (Lipinski definition) is 8. The molecule has 0 aromatic heterocycles. The van der Waals surface area contributed by atoms with Crippen molar-refractivity contribution in [2.75, 3.05) is 6.61 Å². The number of esters is 2. The number of hydrogen-bond donors (Lipinski definition) is 2. The van der Waals surface area contributed by atoms with Crippen LogP contribution in [-0.2, 0) is 28.6 Å². The number of aliphatic hydroxyl groups is 1. The maximum Gasteiger partial charge on any atom is 0.411 e. The Morgan fingerprint density at radius 1 is 1.09 bits per heavy atom. The van der Waals surface area contributed by atoms with Crippen molar-refractivity contribution in [3.05, 3.63) is 12.2 Å². The number of likely N-dealkylation sites (tertiary alicyclic amines) is 1. The molecule has 0 saturated carbocycles. The Hall–Kier alpha value is -2.62. The monoisotopic (exact) mass is 498 g/mol. The van der Waals surface area contributed by atoms with Crippen LogP contribution in [0.2, 0.25) is 0 Å². The highest BCUT2D eigenvalue weighted by atomic mass is 16.6. The smallest absolute Gasteiger partial charge is 0.411 e. The molecular formula is C25H42N2O8. The number of nitrogens with one attached hydrogen (secondary N) is 1. The van der Waals surface area contributed by atoms with Crippen LogP contribution < -0.4 is 5.32 Å². The second kappa shape index (κ2) is 12.4. The van der Waals surface area contributed by atoms with Crippen LogP contribution in [0.25, 0.3) is 0 Å². The van der Waals surface area contributed by atoms with Gasteiger partial charge >= 0.3 is 18.0 Å². The molecule has 1 fully saturated rings. The van der Waals surface area contributed by atoms with Crippen molar-refractivity contribution in [3.8, 4) is 0 Å². The fraction of sp³-hybridized carbons (Fsp3) is 0.760. The van der Waals surface area contributed by atoms with Crippen LogP contribution >= 0.6 is 0 Å². The summed E-state index contributed by atoms with van der Waals surface area (Å²) in [4.78, 5) is 52.1. The van der Waals surface area contributed by atoms with Gasteiger partial charge in [-0.1, -0.05) is 12.2 Å². The summed E-state index contributed by atoms with van der Waals surface area (Å²) in [5, 5.41) is 13.7. The van der Waals surface area contributed by atoms with E-state index in [-0.39, 0.29) is 13.0 Å². The molecular weight excluding hydrogens is 456 g/mol. The van der Waals surface area contributed by atoms with E-state index >= 15 is 0 Å². The van der Waals surface area contributed by atoms with Crippen molar-refractivity contribution < 1.29 is 38.5 Å². The molecule has 35 heavy (non-hydrogen) atoms. The molecule has 0 aliphatic carbocycles.